The van der Waals surface area contributed by atoms with Crippen molar-refractivity contribution in [1.82, 2.24) is 15.1 Å². The van der Waals surface area contributed by atoms with Crippen molar-refractivity contribution in [2.75, 3.05) is 19.7 Å². The number of imide groups is 1. The normalized spacial score (nSPS) is 25.0. The Morgan fingerprint density at radius 2 is 1.83 bits per heavy atom. The summed E-state index contributed by atoms with van der Waals surface area (Å²) in [4.78, 5) is 28.7. The second kappa shape index (κ2) is 10.2. The Morgan fingerprint density at radius 1 is 1.06 bits per heavy atom. The lowest BCUT2D eigenvalue weighted by Gasteiger charge is -2.36. The van der Waals surface area contributed by atoms with Gasteiger partial charge in [0, 0.05) is 12.1 Å². The van der Waals surface area contributed by atoms with Gasteiger partial charge in [-0.1, -0.05) is 24.3 Å². The molecule has 36 heavy (non-hydrogen) atoms. The number of urea groups is 1. The summed E-state index contributed by atoms with van der Waals surface area (Å²) in [6.07, 6.45) is 3.71. The lowest BCUT2D eigenvalue weighted by atomic mass is 9.86. The van der Waals surface area contributed by atoms with Crippen LogP contribution < -0.4 is 5.32 Å². The van der Waals surface area contributed by atoms with E-state index in [1.807, 2.05) is 18.2 Å². The monoisotopic (exact) mass is 494 g/mol. The molecule has 0 aromatic heterocycles. The summed E-state index contributed by atoms with van der Waals surface area (Å²) in [7, 11) is 0. The molecule has 3 atom stereocenters. The summed E-state index contributed by atoms with van der Waals surface area (Å²) >= 11 is 0. The number of piperidine rings is 1. The van der Waals surface area contributed by atoms with Gasteiger partial charge in [0.15, 0.2) is 11.6 Å². The number of carbonyl (C=O) groups excluding carboxylic acids is 2. The predicted molar refractivity (Wildman–Crippen MR) is 127 cm³/mol. The highest BCUT2D eigenvalue weighted by atomic mass is 19.2. The molecule has 0 spiro atoms. The standard InChI is InChI=1S/C27H28F2N4O3/c28-23-8-5-18(13-24(23)29)25-16-36-27(35)33(25)26(34)31-20-6-7-21(14-20)32-11-9-17(10-12-32)22-4-2-1-3-19(22)15-30/h1-5,8,13,17,20-21,25H,6-7,9-12,14,16H2,(H,31,34)/t20-,21-,25+/m0/s1. The van der Waals surface area contributed by atoms with Crippen molar-refractivity contribution in [3.63, 3.8) is 0 Å². The van der Waals surface area contributed by atoms with E-state index in [1.165, 1.54) is 6.07 Å². The average Bonchev–Trinajstić information content (AvgIpc) is 3.52. The lowest BCUT2D eigenvalue weighted by molar-refractivity contribution is 0.150. The average molecular weight is 495 g/mol. The Kier molecular flexibility index (Phi) is 6.88. The van der Waals surface area contributed by atoms with Crippen LogP contribution in [0.5, 0.6) is 0 Å². The number of ether oxygens (including phenoxy) is 1. The van der Waals surface area contributed by atoms with E-state index < -0.39 is 29.8 Å². The van der Waals surface area contributed by atoms with Crippen molar-refractivity contribution in [2.24, 2.45) is 0 Å². The Morgan fingerprint density at radius 3 is 2.58 bits per heavy atom. The van der Waals surface area contributed by atoms with Crippen molar-refractivity contribution >= 4 is 12.1 Å². The highest BCUT2D eigenvalue weighted by Crippen LogP contribution is 2.34. The van der Waals surface area contributed by atoms with Gasteiger partial charge in [-0.15, -0.1) is 0 Å². The maximum atomic E-state index is 13.7. The van der Waals surface area contributed by atoms with Crippen LogP contribution in [0.15, 0.2) is 42.5 Å². The first-order valence-electron chi connectivity index (χ1n) is 12.4. The molecule has 5 rings (SSSR count). The molecule has 0 bridgehead atoms. The Labute approximate surface area is 208 Å². The quantitative estimate of drug-likeness (QED) is 0.658. The second-order valence-electron chi connectivity index (χ2n) is 9.76. The van der Waals surface area contributed by atoms with Gasteiger partial charge in [-0.05, 0) is 80.4 Å². The van der Waals surface area contributed by atoms with Gasteiger partial charge in [-0.3, -0.25) is 0 Å². The summed E-state index contributed by atoms with van der Waals surface area (Å²) in [6.45, 7) is 1.77. The number of nitrogens with one attached hydrogen (secondary N) is 1. The van der Waals surface area contributed by atoms with Crippen LogP contribution in [0.1, 0.15) is 60.8 Å². The number of nitriles is 1. The van der Waals surface area contributed by atoms with Crippen molar-refractivity contribution in [3.05, 3.63) is 70.8 Å². The maximum Gasteiger partial charge on any atom is 0.418 e. The van der Waals surface area contributed by atoms with Crippen LogP contribution in [-0.4, -0.2) is 53.7 Å². The summed E-state index contributed by atoms with van der Waals surface area (Å²) in [6, 6.07) is 12.3. The number of halogens is 2. The Bertz CT molecular complexity index is 1190. The molecule has 2 aromatic carbocycles. The van der Waals surface area contributed by atoms with Gasteiger partial charge in [0.25, 0.3) is 0 Å². The summed E-state index contributed by atoms with van der Waals surface area (Å²) in [5, 5.41) is 12.4. The summed E-state index contributed by atoms with van der Waals surface area (Å²) in [5.74, 6) is -1.65. The summed E-state index contributed by atoms with van der Waals surface area (Å²) < 4.78 is 32.1. The molecule has 3 fully saturated rings. The number of cyclic esters (lactones) is 1. The van der Waals surface area contributed by atoms with Crippen molar-refractivity contribution < 1.29 is 23.1 Å². The highest BCUT2D eigenvalue weighted by Gasteiger charge is 2.41. The molecule has 2 heterocycles. The molecule has 1 saturated carbocycles. The Hall–Kier alpha value is -3.51. The molecule has 2 saturated heterocycles. The van der Waals surface area contributed by atoms with Gasteiger partial charge in [-0.25, -0.2) is 23.3 Å². The molecule has 188 valence electrons. The molecule has 1 N–H and O–H groups in total. The van der Waals surface area contributed by atoms with Crippen LogP contribution in [0.3, 0.4) is 0 Å². The number of hydrogen-bond acceptors (Lipinski definition) is 5. The predicted octanol–water partition coefficient (Wildman–Crippen LogP) is 4.84. The molecule has 9 heteroatoms. The number of hydrogen-bond donors (Lipinski definition) is 1. The van der Waals surface area contributed by atoms with Gasteiger partial charge in [-0.2, -0.15) is 5.26 Å². The van der Waals surface area contributed by atoms with Gasteiger partial charge >= 0.3 is 12.1 Å². The molecule has 0 radical (unpaired) electrons. The number of benzene rings is 2. The molecule has 3 aliphatic rings. The van der Waals surface area contributed by atoms with E-state index in [9.17, 15) is 23.6 Å². The lowest BCUT2D eigenvalue weighted by Crippen LogP contribution is -2.46. The van der Waals surface area contributed by atoms with E-state index in [2.05, 4.69) is 22.4 Å². The number of likely N-dealkylation sites (tertiary alicyclic amines) is 1. The smallest absolute Gasteiger partial charge is 0.418 e. The largest absolute Gasteiger partial charge is 0.446 e. The van der Waals surface area contributed by atoms with Crippen LogP contribution in [0.4, 0.5) is 18.4 Å². The van der Waals surface area contributed by atoms with Crippen LogP contribution in [0.2, 0.25) is 0 Å². The van der Waals surface area contributed by atoms with Crippen LogP contribution in [0, 0.1) is 23.0 Å². The van der Waals surface area contributed by atoms with Crippen molar-refractivity contribution in [1.29, 1.82) is 5.26 Å². The van der Waals surface area contributed by atoms with Crippen LogP contribution >= 0.6 is 0 Å². The van der Waals surface area contributed by atoms with Gasteiger partial charge in [0.1, 0.15) is 12.6 Å². The fourth-order valence-corrected chi connectivity index (χ4v) is 5.81. The molecule has 3 amide bonds. The van der Waals surface area contributed by atoms with E-state index in [1.54, 1.807) is 0 Å². The molecular weight excluding hydrogens is 466 g/mol. The Balaban J connectivity index is 1.16. The van der Waals surface area contributed by atoms with Crippen LogP contribution in [-0.2, 0) is 4.74 Å². The number of rotatable bonds is 4. The SMILES string of the molecule is N#Cc1ccccc1C1CCN([C@H]2CC[C@H](NC(=O)N3C(=O)OC[C@@H]3c3ccc(F)c(F)c3)C2)CC1. The third kappa shape index (κ3) is 4.78. The van der Waals surface area contributed by atoms with Crippen molar-refractivity contribution in [2.45, 2.75) is 56.1 Å². The van der Waals surface area contributed by atoms with E-state index in [0.29, 0.717) is 17.5 Å². The maximum absolute atomic E-state index is 13.7. The zero-order chi connectivity index (χ0) is 25.2. The van der Waals surface area contributed by atoms with Crippen LogP contribution in [0.25, 0.3) is 0 Å². The third-order valence-electron chi connectivity index (χ3n) is 7.72. The summed E-state index contributed by atoms with van der Waals surface area (Å²) in [5.41, 5.74) is 2.19. The van der Waals surface area contributed by atoms with Gasteiger partial charge in [0.2, 0.25) is 0 Å². The zero-order valence-corrected chi connectivity index (χ0v) is 19.8. The fourth-order valence-electron chi connectivity index (χ4n) is 5.81. The van der Waals surface area contributed by atoms with Gasteiger partial charge in [0.05, 0.1) is 11.6 Å². The molecule has 2 aromatic rings. The van der Waals surface area contributed by atoms with E-state index in [-0.39, 0.29) is 12.6 Å². The third-order valence-corrected chi connectivity index (χ3v) is 7.72. The molecule has 1 aliphatic carbocycles. The minimum Gasteiger partial charge on any atom is -0.446 e. The number of nitrogens with zero attached hydrogens (tertiary/aromatic N) is 3. The molecular formula is C27H28F2N4O3. The second-order valence-corrected chi connectivity index (χ2v) is 9.76. The molecule has 2 aliphatic heterocycles. The first-order chi connectivity index (χ1) is 17.4. The zero-order valence-electron chi connectivity index (χ0n) is 19.8. The van der Waals surface area contributed by atoms with E-state index in [0.717, 1.165) is 73.4 Å². The van der Waals surface area contributed by atoms with E-state index >= 15 is 0 Å². The first-order valence-corrected chi connectivity index (χ1v) is 12.4. The minimum absolute atomic E-state index is 0.0847. The minimum atomic E-state index is -1.04. The number of carbonyl (C=O) groups is 2. The number of amides is 3. The molecule has 0 unspecified atom stereocenters. The first kappa shape index (κ1) is 24.2. The highest BCUT2D eigenvalue weighted by molar-refractivity contribution is 5.92. The molecule has 7 nitrogen and oxygen atoms in total. The van der Waals surface area contributed by atoms with Crippen molar-refractivity contribution in [3.8, 4) is 6.07 Å². The fraction of sp³-hybridized carbons (Fsp3) is 0.444. The van der Waals surface area contributed by atoms with E-state index in [4.69, 9.17) is 4.74 Å². The van der Waals surface area contributed by atoms with Gasteiger partial charge < -0.3 is 15.0 Å². The topological polar surface area (TPSA) is 85.7 Å².